The number of carbonyl (C=O) groups is 1. The molecular formula is C22H27N3O6S. The van der Waals surface area contributed by atoms with Crippen LogP contribution >= 0.6 is 0 Å². The molecule has 172 valence electrons. The Morgan fingerprint density at radius 2 is 1.75 bits per heavy atom. The van der Waals surface area contributed by atoms with Gasteiger partial charge in [0.25, 0.3) is 0 Å². The fourth-order valence-corrected chi connectivity index (χ4v) is 5.12. The first-order chi connectivity index (χ1) is 15.4. The van der Waals surface area contributed by atoms with Gasteiger partial charge in [-0.15, -0.1) is 0 Å². The van der Waals surface area contributed by atoms with E-state index in [1.807, 2.05) is 32.0 Å². The van der Waals surface area contributed by atoms with Crippen LogP contribution in [0.5, 0.6) is 17.2 Å². The van der Waals surface area contributed by atoms with Gasteiger partial charge in [-0.1, -0.05) is 6.07 Å². The molecule has 4 rings (SSSR count). The third-order valence-corrected chi connectivity index (χ3v) is 7.45. The summed E-state index contributed by atoms with van der Waals surface area (Å²) in [6.07, 6.45) is 0. The molecule has 0 saturated carbocycles. The molecule has 1 unspecified atom stereocenters. The van der Waals surface area contributed by atoms with Gasteiger partial charge in [0.1, 0.15) is 5.75 Å². The normalized spacial score (nSPS) is 17.1. The number of benzene rings is 2. The molecule has 0 bridgehead atoms. The number of nitrogens with one attached hydrogen (secondary N) is 1. The quantitative estimate of drug-likeness (QED) is 0.710. The molecule has 1 atom stereocenters. The number of hydrogen-bond donors (Lipinski definition) is 1. The number of sulfonamides is 1. The Morgan fingerprint density at radius 1 is 1.06 bits per heavy atom. The van der Waals surface area contributed by atoms with Crippen LogP contribution in [0.25, 0.3) is 0 Å². The molecule has 1 fully saturated rings. The van der Waals surface area contributed by atoms with E-state index < -0.39 is 10.0 Å². The summed E-state index contributed by atoms with van der Waals surface area (Å²) in [6.45, 7) is 5.58. The van der Waals surface area contributed by atoms with Crippen molar-refractivity contribution in [1.29, 1.82) is 0 Å². The first kappa shape index (κ1) is 22.2. The largest absolute Gasteiger partial charge is 0.494 e. The van der Waals surface area contributed by atoms with Gasteiger partial charge in [-0.25, -0.2) is 13.2 Å². The summed E-state index contributed by atoms with van der Waals surface area (Å²) in [5.74, 6) is 1.98. The van der Waals surface area contributed by atoms with Crippen molar-refractivity contribution in [2.45, 2.75) is 24.8 Å². The van der Waals surface area contributed by atoms with E-state index in [1.165, 1.54) is 4.31 Å². The van der Waals surface area contributed by atoms with Crippen molar-refractivity contribution in [2.75, 3.05) is 39.6 Å². The molecule has 0 aromatic heterocycles. The second-order valence-corrected chi connectivity index (χ2v) is 9.52. The molecule has 32 heavy (non-hydrogen) atoms. The van der Waals surface area contributed by atoms with E-state index >= 15 is 0 Å². The Balaban J connectivity index is 1.33. The predicted molar refractivity (Wildman–Crippen MR) is 117 cm³/mol. The second-order valence-electron chi connectivity index (χ2n) is 7.58. The van der Waals surface area contributed by atoms with Gasteiger partial charge in [0.2, 0.25) is 16.8 Å². The highest BCUT2D eigenvalue weighted by atomic mass is 32.2. The van der Waals surface area contributed by atoms with Gasteiger partial charge in [-0.05, 0) is 55.8 Å². The minimum atomic E-state index is -3.62. The van der Waals surface area contributed by atoms with Crippen LogP contribution in [-0.4, -0.2) is 63.2 Å². The van der Waals surface area contributed by atoms with Gasteiger partial charge >= 0.3 is 6.03 Å². The van der Waals surface area contributed by atoms with Gasteiger partial charge in [0.15, 0.2) is 11.5 Å². The molecule has 2 heterocycles. The standard InChI is InChI=1S/C22H27N3O6S/c1-3-29-18-5-7-19(8-6-18)32(27,28)25-12-10-24(11-13-25)22(26)23-16(2)17-4-9-20-21(14-17)31-15-30-20/h4-9,14,16H,3,10-13,15H2,1-2H3,(H,23,26). The van der Waals surface area contributed by atoms with Crippen molar-refractivity contribution in [1.82, 2.24) is 14.5 Å². The Hall–Kier alpha value is -2.98. The van der Waals surface area contributed by atoms with Gasteiger partial charge < -0.3 is 24.4 Å². The molecule has 0 aliphatic carbocycles. The first-order valence-electron chi connectivity index (χ1n) is 10.6. The minimum Gasteiger partial charge on any atom is -0.494 e. The highest BCUT2D eigenvalue weighted by molar-refractivity contribution is 7.89. The van der Waals surface area contributed by atoms with E-state index in [9.17, 15) is 13.2 Å². The molecule has 2 aromatic rings. The lowest BCUT2D eigenvalue weighted by molar-refractivity contribution is 0.169. The lowest BCUT2D eigenvalue weighted by Gasteiger charge is -2.34. The molecule has 9 nitrogen and oxygen atoms in total. The van der Waals surface area contributed by atoms with Gasteiger partial charge in [0.05, 0.1) is 17.5 Å². The van der Waals surface area contributed by atoms with E-state index in [0.717, 1.165) is 5.56 Å². The van der Waals surface area contributed by atoms with E-state index in [0.29, 0.717) is 36.9 Å². The number of amides is 2. The zero-order valence-corrected chi connectivity index (χ0v) is 18.9. The highest BCUT2D eigenvalue weighted by Gasteiger charge is 2.30. The first-order valence-corrected chi connectivity index (χ1v) is 12.0. The molecule has 2 aliphatic rings. The summed E-state index contributed by atoms with van der Waals surface area (Å²) in [6, 6.07) is 11.5. The van der Waals surface area contributed by atoms with Crippen LogP contribution in [0.1, 0.15) is 25.5 Å². The van der Waals surface area contributed by atoms with Gasteiger partial charge in [0, 0.05) is 26.2 Å². The number of rotatable bonds is 6. The average Bonchev–Trinajstić information content (AvgIpc) is 3.27. The number of urea groups is 1. The topological polar surface area (TPSA) is 97.4 Å². The van der Waals surface area contributed by atoms with Crippen LogP contribution in [0.15, 0.2) is 47.4 Å². The van der Waals surface area contributed by atoms with Crippen molar-refractivity contribution in [3.8, 4) is 17.2 Å². The van der Waals surface area contributed by atoms with Crippen LogP contribution in [-0.2, 0) is 10.0 Å². The van der Waals surface area contributed by atoms with E-state index in [4.69, 9.17) is 14.2 Å². The number of piperazine rings is 1. The minimum absolute atomic E-state index is 0.198. The van der Waals surface area contributed by atoms with Crippen LogP contribution in [0.4, 0.5) is 4.79 Å². The highest BCUT2D eigenvalue weighted by Crippen LogP contribution is 2.34. The molecule has 2 amide bonds. The maximum atomic E-state index is 12.9. The summed E-state index contributed by atoms with van der Waals surface area (Å²) in [4.78, 5) is 14.6. The molecule has 1 saturated heterocycles. The van der Waals surface area contributed by atoms with Gasteiger partial charge in [-0.2, -0.15) is 4.31 Å². The molecule has 1 N–H and O–H groups in total. The Bertz CT molecular complexity index is 1070. The Morgan fingerprint density at radius 3 is 2.44 bits per heavy atom. The summed E-state index contributed by atoms with van der Waals surface area (Å²) in [5.41, 5.74) is 0.902. The van der Waals surface area contributed by atoms with Crippen LogP contribution < -0.4 is 19.5 Å². The maximum absolute atomic E-state index is 12.9. The zero-order chi connectivity index (χ0) is 22.7. The number of ether oxygens (including phenoxy) is 3. The lowest BCUT2D eigenvalue weighted by Crippen LogP contribution is -2.53. The van der Waals surface area contributed by atoms with Crippen molar-refractivity contribution in [3.05, 3.63) is 48.0 Å². The van der Waals surface area contributed by atoms with Crippen molar-refractivity contribution in [2.24, 2.45) is 0 Å². The summed E-state index contributed by atoms with van der Waals surface area (Å²) in [7, 11) is -3.62. The molecule has 0 radical (unpaired) electrons. The third kappa shape index (κ3) is 4.61. The molecule has 10 heteroatoms. The maximum Gasteiger partial charge on any atom is 0.317 e. The van der Waals surface area contributed by atoms with Crippen LogP contribution in [0, 0.1) is 0 Å². The smallest absolute Gasteiger partial charge is 0.317 e. The van der Waals surface area contributed by atoms with Crippen LogP contribution in [0.2, 0.25) is 0 Å². The third-order valence-electron chi connectivity index (χ3n) is 5.53. The SMILES string of the molecule is CCOc1ccc(S(=O)(=O)N2CCN(C(=O)NC(C)c3ccc4c(c3)OCO4)CC2)cc1. The predicted octanol–water partition coefficient (Wildman–Crippen LogP) is 2.59. The van der Waals surface area contributed by atoms with E-state index in [1.54, 1.807) is 29.2 Å². The van der Waals surface area contributed by atoms with Crippen molar-refractivity contribution in [3.63, 3.8) is 0 Å². The Labute approximate surface area is 187 Å². The van der Waals surface area contributed by atoms with Crippen LogP contribution in [0.3, 0.4) is 0 Å². The fourth-order valence-electron chi connectivity index (χ4n) is 3.70. The lowest BCUT2D eigenvalue weighted by atomic mass is 10.1. The van der Waals surface area contributed by atoms with Gasteiger partial charge in [-0.3, -0.25) is 0 Å². The molecule has 2 aliphatic heterocycles. The number of carbonyl (C=O) groups excluding carboxylic acids is 1. The molecule has 0 spiro atoms. The van der Waals surface area contributed by atoms with E-state index in [-0.39, 0.29) is 36.9 Å². The van der Waals surface area contributed by atoms with E-state index in [2.05, 4.69) is 5.32 Å². The monoisotopic (exact) mass is 461 g/mol. The summed E-state index contributed by atoms with van der Waals surface area (Å²) in [5, 5.41) is 2.97. The summed E-state index contributed by atoms with van der Waals surface area (Å²) < 4.78 is 43.4. The molecular weight excluding hydrogens is 434 g/mol. The Kier molecular flexibility index (Phi) is 6.43. The second kappa shape index (κ2) is 9.25. The number of nitrogens with zero attached hydrogens (tertiary/aromatic N) is 2. The summed E-state index contributed by atoms with van der Waals surface area (Å²) >= 11 is 0. The van der Waals surface area contributed by atoms with Crippen molar-refractivity contribution >= 4 is 16.1 Å². The zero-order valence-electron chi connectivity index (χ0n) is 18.1. The fraction of sp³-hybridized carbons (Fsp3) is 0.409. The van der Waals surface area contributed by atoms with Crippen molar-refractivity contribution < 1.29 is 27.4 Å². The number of hydrogen-bond acceptors (Lipinski definition) is 6. The average molecular weight is 462 g/mol. The number of fused-ring (bicyclic) bond motifs is 1. The molecule has 2 aromatic carbocycles.